The van der Waals surface area contributed by atoms with Crippen LogP contribution in [0.2, 0.25) is 0 Å². The van der Waals surface area contributed by atoms with Crippen LogP contribution in [0.1, 0.15) is 28.2 Å². The molecule has 1 unspecified atom stereocenters. The van der Waals surface area contributed by atoms with Crippen LogP contribution in [-0.2, 0) is 4.84 Å². The average Bonchev–Trinajstić information content (AvgIpc) is 2.89. The molecule has 19 heavy (non-hydrogen) atoms. The lowest BCUT2D eigenvalue weighted by molar-refractivity contribution is 0.215. The second-order valence-electron chi connectivity index (χ2n) is 4.51. The smallest absolute Gasteiger partial charge is 0.106 e. The lowest BCUT2D eigenvalue weighted by atomic mass is 9.90. The van der Waals surface area contributed by atoms with E-state index >= 15 is 0 Å². The number of nitrogens with zero attached hydrogens (tertiary/aromatic N) is 1. The van der Waals surface area contributed by atoms with Gasteiger partial charge in [0.05, 0.1) is 6.21 Å². The van der Waals surface area contributed by atoms with Crippen LogP contribution < -0.4 is 0 Å². The number of hydrogen-bond donors (Lipinski definition) is 0. The SMILES string of the molecule is CON=Cc1ccccc1C1C=Cc2ccccc21. The van der Waals surface area contributed by atoms with Crippen LogP contribution in [0.15, 0.2) is 59.8 Å². The average molecular weight is 249 g/mol. The zero-order chi connectivity index (χ0) is 13.1. The summed E-state index contributed by atoms with van der Waals surface area (Å²) in [5.74, 6) is 0.302. The standard InChI is InChI=1S/C17H15NO/c1-19-18-12-14-7-3-5-9-16(14)17-11-10-13-6-2-4-8-15(13)17/h2-12,17H,1H3. The van der Waals surface area contributed by atoms with E-state index in [-0.39, 0.29) is 0 Å². The predicted molar refractivity (Wildman–Crippen MR) is 78.4 cm³/mol. The normalized spacial score (nSPS) is 16.8. The molecule has 0 N–H and O–H groups in total. The predicted octanol–water partition coefficient (Wildman–Crippen LogP) is 3.83. The van der Waals surface area contributed by atoms with Crippen LogP contribution in [-0.4, -0.2) is 13.3 Å². The van der Waals surface area contributed by atoms with Crippen LogP contribution >= 0.6 is 0 Å². The Bertz CT molecular complexity index is 643. The molecule has 94 valence electrons. The Morgan fingerprint density at radius 1 is 1.00 bits per heavy atom. The molecule has 2 heteroatoms. The number of allylic oxidation sites excluding steroid dienone is 1. The molecule has 0 heterocycles. The molecule has 2 aromatic carbocycles. The molecule has 0 radical (unpaired) electrons. The zero-order valence-corrected chi connectivity index (χ0v) is 10.8. The van der Waals surface area contributed by atoms with Crippen LogP contribution in [0.3, 0.4) is 0 Å². The van der Waals surface area contributed by atoms with E-state index in [0.29, 0.717) is 5.92 Å². The first-order valence-electron chi connectivity index (χ1n) is 6.33. The maximum Gasteiger partial charge on any atom is 0.106 e. The highest BCUT2D eigenvalue weighted by Gasteiger charge is 2.20. The van der Waals surface area contributed by atoms with E-state index in [1.54, 1.807) is 13.3 Å². The molecule has 1 atom stereocenters. The third-order valence-corrected chi connectivity index (χ3v) is 3.43. The molecule has 1 aliphatic rings. The largest absolute Gasteiger partial charge is 0.399 e. The molecule has 0 aliphatic heterocycles. The highest BCUT2D eigenvalue weighted by molar-refractivity contribution is 5.83. The molecule has 2 nitrogen and oxygen atoms in total. The Morgan fingerprint density at radius 2 is 1.74 bits per heavy atom. The fourth-order valence-corrected chi connectivity index (χ4v) is 2.54. The number of oxime groups is 1. The summed E-state index contributed by atoms with van der Waals surface area (Å²) in [7, 11) is 1.56. The Morgan fingerprint density at radius 3 is 2.58 bits per heavy atom. The van der Waals surface area contributed by atoms with Gasteiger partial charge in [-0.3, -0.25) is 0 Å². The number of fused-ring (bicyclic) bond motifs is 1. The lowest BCUT2D eigenvalue weighted by Gasteiger charge is -2.14. The van der Waals surface area contributed by atoms with Gasteiger partial charge in [0.15, 0.2) is 0 Å². The molecule has 0 amide bonds. The highest BCUT2D eigenvalue weighted by Crippen LogP contribution is 2.36. The van der Waals surface area contributed by atoms with Crippen molar-refractivity contribution in [2.75, 3.05) is 7.11 Å². The summed E-state index contributed by atoms with van der Waals surface area (Å²) in [5.41, 5.74) is 4.99. The topological polar surface area (TPSA) is 21.6 Å². The van der Waals surface area contributed by atoms with Gasteiger partial charge in [0, 0.05) is 11.5 Å². The second kappa shape index (κ2) is 5.11. The first-order valence-corrected chi connectivity index (χ1v) is 6.33. The Balaban J connectivity index is 2.05. The second-order valence-corrected chi connectivity index (χ2v) is 4.51. The van der Waals surface area contributed by atoms with Crippen LogP contribution in [0, 0.1) is 0 Å². The molecule has 0 bridgehead atoms. The lowest BCUT2D eigenvalue weighted by Crippen LogP contribution is -2.00. The Hall–Kier alpha value is -2.35. The van der Waals surface area contributed by atoms with Gasteiger partial charge in [-0.25, -0.2) is 0 Å². The van der Waals surface area contributed by atoms with Gasteiger partial charge in [-0.15, -0.1) is 0 Å². The van der Waals surface area contributed by atoms with Gasteiger partial charge in [0.2, 0.25) is 0 Å². The fourth-order valence-electron chi connectivity index (χ4n) is 2.54. The minimum atomic E-state index is 0.302. The molecule has 3 rings (SSSR count). The molecular weight excluding hydrogens is 234 g/mol. The summed E-state index contributed by atoms with van der Waals surface area (Å²) in [6.07, 6.45) is 6.19. The van der Waals surface area contributed by atoms with Crippen molar-refractivity contribution in [1.82, 2.24) is 0 Å². The van der Waals surface area contributed by atoms with Crippen LogP contribution in [0.4, 0.5) is 0 Å². The van der Waals surface area contributed by atoms with Gasteiger partial charge >= 0.3 is 0 Å². The molecule has 0 spiro atoms. The van der Waals surface area contributed by atoms with Crippen molar-refractivity contribution in [3.05, 3.63) is 76.9 Å². The molecule has 1 aliphatic carbocycles. The van der Waals surface area contributed by atoms with Crippen molar-refractivity contribution in [2.24, 2.45) is 5.16 Å². The van der Waals surface area contributed by atoms with Gasteiger partial charge in [0.1, 0.15) is 7.11 Å². The zero-order valence-electron chi connectivity index (χ0n) is 10.8. The van der Waals surface area contributed by atoms with E-state index in [1.165, 1.54) is 16.7 Å². The molecule has 0 saturated carbocycles. The van der Waals surface area contributed by atoms with Crippen LogP contribution in [0.25, 0.3) is 6.08 Å². The van der Waals surface area contributed by atoms with Crippen molar-refractivity contribution >= 4 is 12.3 Å². The maximum absolute atomic E-state index is 4.78. The minimum absolute atomic E-state index is 0.302. The summed E-state index contributed by atoms with van der Waals surface area (Å²) >= 11 is 0. The van der Waals surface area contributed by atoms with Gasteiger partial charge in [0.25, 0.3) is 0 Å². The van der Waals surface area contributed by atoms with Crippen molar-refractivity contribution in [1.29, 1.82) is 0 Å². The third-order valence-electron chi connectivity index (χ3n) is 3.43. The van der Waals surface area contributed by atoms with E-state index in [4.69, 9.17) is 4.84 Å². The quantitative estimate of drug-likeness (QED) is 0.598. The molecule has 0 aromatic heterocycles. The summed E-state index contributed by atoms with van der Waals surface area (Å²) in [5, 5.41) is 3.88. The summed E-state index contributed by atoms with van der Waals surface area (Å²) in [6.45, 7) is 0. The third kappa shape index (κ3) is 2.17. The summed E-state index contributed by atoms with van der Waals surface area (Å²) in [6, 6.07) is 16.8. The molecular formula is C17H15NO. The Labute approximate surface area is 113 Å². The van der Waals surface area contributed by atoms with Crippen molar-refractivity contribution in [3.63, 3.8) is 0 Å². The van der Waals surface area contributed by atoms with Gasteiger partial charge < -0.3 is 4.84 Å². The van der Waals surface area contributed by atoms with E-state index in [1.807, 2.05) is 6.07 Å². The Kier molecular flexibility index (Phi) is 3.15. The number of rotatable bonds is 3. The van der Waals surface area contributed by atoms with Crippen molar-refractivity contribution in [3.8, 4) is 0 Å². The fraction of sp³-hybridized carbons (Fsp3) is 0.118. The highest BCUT2D eigenvalue weighted by atomic mass is 16.6. The van der Waals surface area contributed by atoms with Gasteiger partial charge in [-0.05, 0) is 16.7 Å². The molecule has 0 saturated heterocycles. The van der Waals surface area contributed by atoms with E-state index in [9.17, 15) is 0 Å². The molecule has 0 fully saturated rings. The first kappa shape index (κ1) is 11.7. The minimum Gasteiger partial charge on any atom is -0.399 e. The van der Waals surface area contributed by atoms with Crippen molar-refractivity contribution < 1.29 is 4.84 Å². The maximum atomic E-state index is 4.78. The number of hydrogen-bond acceptors (Lipinski definition) is 2. The molecule has 2 aromatic rings. The van der Waals surface area contributed by atoms with Crippen LogP contribution in [0.5, 0.6) is 0 Å². The van der Waals surface area contributed by atoms with Crippen molar-refractivity contribution in [2.45, 2.75) is 5.92 Å². The van der Waals surface area contributed by atoms with E-state index < -0.39 is 0 Å². The monoisotopic (exact) mass is 249 g/mol. The van der Waals surface area contributed by atoms with E-state index in [2.05, 4.69) is 59.8 Å². The number of benzene rings is 2. The summed E-state index contributed by atoms with van der Waals surface area (Å²) in [4.78, 5) is 4.78. The van der Waals surface area contributed by atoms with Gasteiger partial charge in [-0.1, -0.05) is 65.8 Å². The van der Waals surface area contributed by atoms with E-state index in [0.717, 1.165) is 5.56 Å². The first-order chi connectivity index (χ1) is 9.40. The van der Waals surface area contributed by atoms with Gasteiger partial charge in [-0.2, -0.15) is 0 Å². The summed E-state index contributed by atoms with van der Waals surface area (Å²) < 4.78 is 0.